The van der Waals surface area contributed by atoms with E-state index in [1.54, 1.807) is 15.8 Å². The van der Waals surface area contributed by atoms with Crippen molar-refractivity contribution in [2.45, 2.75) is 44.7 Å². The summed E-state index contributed by atoms with van der Waals surface area (Å²) in [6.07, 6.45) is 4.17. The minimum Gasteiger partial charge on any atom is -0.481 e. The molecule has 0 aliphatic carbocycles. The fraction of sp³-hybridized carbons (Fsp3) is 0.692. The number of nitrogens with one attached hydrogen (secondary N) is 1. The predicted octanol–water partition coefficient (Wildman–Crippen LogP) is 0.915. The maximum absolute atomic E-state index is 12.4. The molecule has 0 radical (unpaired) electrons. The van der Waals surface area contributed by atoms with Gasteiger partial charge >= 0.3 is 12.0 Å². The van der Waals surface area contributed by atoms with Gasteiger partial charge in [0.25, 0.3) is 0 Å². The lowest BCUT2D eigenvalue weighted by Gasteiger charge is -2.35. The van der Waals surface area contributed by atoms with Crippen LogP contribution < -0.4 is 5.32 Å². The number of rotatable bonds is 4. The van der Waals surface area contributed by atoms with E-state index in [1.807, 2.05) is 14.0 Å². The van der Waals surface area contributed by atoms with E-state index in [4.69, 9.17) is 5.11 Å². The summed E-state index contributed by atoms with van der Waals surface area (Å²) in [6.45, 7) is 2.42. The average Bonchev–Trinajstić information content (AvgIpc) is 2.85. The van der Waals surface area contributed by atoms with Crippen molar-refractivity contribution < 1.29 is 14.7 Å². The van der Waals surface area contributed by atoms with Crippen LogP contribution in [-0.4, -0.2) is 49.4 Å². The van der Waals surface area contributed by atoms with E-state index in [9.17, 15) is 9.59 Å². The summed E-state index contributed by atoms with van der Waals surface area (Å²) in [6, 6.07) is -0.753. The molecule has 116 valence electrons. The van der Waals surface area contributed by atoms with Crippen LogP contribution >= 0.6 is 0 Å². The van der Waals surface area contributed by atoms with Gasteiger partial charge in [-0.25, -0.2) is 4.79 Å². The summed E-state index contributed by atoms with van der Waals surface area (Å²) < 4.78 is 1.75. The van der Waals surface area contributed by atoms with Crippen LogP contribution in [0.1, 0.15) is 44.5 Å². The molecule has 2 atom stereocenters. The number of aromatic nitrogens is 3. The molecule has 1 aromatic rings. The first-order chi connectivity index (χ1) is 9.99. The highest BCUT2D eigenvalue weighted by molar-refractivity contribution is 5.76. The highest BCUT2D eigenvalue weighted by atomic mass is 16.4. The quantitative estimate of drug-likeness (QED) is 0.860. The molecule has 2 heterocycles. The van der Waals surface area contributed by atoms with Crippen LogP contribution in [-0.2, 0) is 11.8 Å². The number of urea groups is 1. The Morgan fingerprint density at radius 3 is 2.90 bits per heavy atom. The molecular weight excluding hydrogens is 274 g/mol. The Bertz CT molecular complexity index is 516. The van der Waals surface area contributed by atoms with Crippen LogP contribution in [0.2, 0.25) is 0 Å². The average molecular weight is 295 g/mol. The van der Waals surface area contributed by atoms with Crippen LogP contribution in [0.3, 0.4) is 0 Å². The standard InChI is InChI=1S/C13H21N5O3/c1-9(12-16-14-8-17(12)2)15-13(21)18-6-4-3-5-10(18)7-11(19)20/h8-10H,3-7H2,1-2H3,(H,15,21)(H,19,20). The van der Waals surface area contributed by atoms with Gasteiger partial charge < -0.3 is 19.9 Å². The highest BCUT2D eigenvalue weighted by Crippen LogP contribution is 2.20. The molecule has 2 rings (SSSR count). The number of likely N-dealkylation sites (tertiary alicyclic amines) is 1. The molecular formula is C13H21N5O3. The lowest BCUT2D eigenvalue weighted by atomic mass is 10.00. The van der Waals surface area contributed by atoms with Gasteiger partial charge in [-0.05, 0) is 26.2 Å². The molecule has 0 bridgehead atoms. The first kappa shape index (κ1) is 15.3. The largest absolute Gasteiger partial charge is 0.481 e. The maximum atomic E-state index is 12.4. The molecule has 2 amide bonds. The second-order valence-corrected chi connectivity index (χ2v) is 5.41. The Labute approximate surface area is 123 Å². The molecule has 2 unspecified atom stereocenters. The van der Waals surface area contributed by atoms with Gasteiger partial charge in [-0.15, -0.1) is 10.2 Å². The first-order valence-electron chi connectivity index (χ1n) is 7.12. The Balaban J connectivity index is 2.00. The van der Waals surface area contributed by atoms with E-state index < -0.39 is 5.97 Å². The van der Waals surface area contributed by atoms with Gasteiger partial charge in [0.05, 0.1) is 12.5 Å². The van der Waals surface area contributed by atoms with Crippen molar-refractivity contribution in [3.63, 3.8) is 0 Å². The van der Waals surface area contributed by atoms with Gasteiger partial charge in [0.1, 0.15) is 6.33 Å². The van der Waals surface area contributed by atoms with Gasteiger partial charge in [0, 0.05) is 19.6 Å². The molecule has 8 heteroatoms. The maximum Gasteiger partial charge on any atom is 0.318 e. The zero-order chi connectivity index (χ0) is 15.4. The Morgan fingerprint density at radius 2 is 2.29 bits per heavy atom. The third kappa shape index (κ3) is 3.71. The summed E-state index contributed by atoms with van der Waals surface area (Å²) in [5.74, 6) is -0.212. The topological polar surface area (TPSA) is 100 Å². The van der Waals surface area contributed by atoms with Gasteiger partial charge in [0.2, 0.25) is 0 Å². The molecule has 0 saturated carbocycles. The van der Waals surface area contributed by atoms with E-state index >= 15 is 0 Å². The van der Waals surface area contributed by atoms with E-state index in [1.165, 1.54) is 0 Å². The molecule has 1 saturated heterocycles. The zero-order valence-corrected chi connectivity index (χ0v) is 12.3. The number of carboxylic acids is 1. The summed E-state index contributed by atoms with van der Waals surface area (Å²) >= 11 is 0. The molecule has 21 heavy (non-hydrogen) atoms. The minimum atomic E-state index is -0.874. The number of carbonyl (C=O) groups excluding carboxylic acids is 1. The smallest absolute Gasteiger partial charge is 0.318 e. The number of amides is 2. The molecule has 0 spiro atoms. The second-order valence-electron chi connectivity index (χ2n) is 5.41. The Kier molecular flexibility index (Phi) is 4.77. The number of carbonyl (C=O) groups is 2. The van der Waals surface area contributed by atoms with Crippen molar-refractivity contribution >= 4 is 12.0 Å². The van der Waals surface area contributed by atoms with Gasteiger partial charge in [-0.1, -0.05) is 0 Å². The normalized spacial score (nSPS) is 20.1. The zero-order valence-electron chi connectivity index (χ0n) is 12.3. The van der Waals surface area contributed by atoms with Crippen LogP contribution in [0.25, 0.3) is 0 Å². The molecule has 8 nitrogen and oxygen atoms in total. The molecule has 2 N–H and O–H groups in total. The second kappa shape index (κ2) is 6.55. The number of piperidine rings is 1. The number of hydrogen-bond acceptors (Lipinski definition) is 4. The van der Waals surface area contributed by atoms with E-state index in [0.717, 1.165) is 19.3 Å². The summed E-state index contributed by atoms with van der Waals surface area (Å²) in [5, 5.41) is 19.6. The number of carboxylic acid groups (broad SMARTS) is 1. The SMILES string of the molecule is CC(NC(=O)N1CCCCC1CC(=O)O)c1nncn1C. The van der Waals surface area contributed by atoms with Crippen LogP contribution in [0.15, 0.2) is 6.33 Å². The van der Waals surface area contributed by atoms with Crippen LogP contribution in [0, 0.1) is 0 Å². The van der Waals surface area contributed by atoms with Crippen LogP contribution in [0.4, 0.5) is 4.79 Å². The van der Waals surface area contributed by atoms with Crippen molar-refractivity contribution in [3.05, 3.63) is 12.2 Å². The van der Waals surface area contributed by atoms with E-state index in [-0.39, 0.29) is 24.5 Å². The van der Waals surface area contributed by atoms with Crippen LogP contribution in [0.5, 0.6) is 0 Å². The van der Waals surface area contributed by atoms with Crippen molar-refractivity contribution in [2.24, 2.45) is 7.05 Å². The third-order valence-corrected chi connectivity index (χ3v) is 3.77. The minimum absolute atomic E-state index is 0.00817. The number of aryl methyl sites for hydroxylation is 1. The summed E-state index contributed by atoms with van der Waals surface area (Å²) in [5.41, 5.74) is 0. The van der Waals surface area contributed by atoms with Crippen molar-refractivity contribution in [3.8, 4) is 0 Å². The van der Waals surface area contributed by atoms with E-state index in [0.29, 0.717) is 12.4 Å². The molecule has 1 aliphatic rings. The van der Waals surface area contributed by atoms with Crippen molar-refractivity contribution in [2.75, 3.05) is 6.54 Å². The van der Waals surface area contributed by atoms with Gasteiger partial charge in [0.15, 0.2) is 5.82 Å². The predicted molar refractivity (Wildman–Crippen MR) is 74.5 cm³/mol. The lowest BCUT2D eigenvalue weighted by Crippen LogP contribution is -2.50. The fourth-order valence-electron chi connectivity index (χ4n) is 2.70. The lowest BCUT2D eigenvalue weighted by molar-refractivity contribution is -0.138. The summed E-state index contributed by atoms with van der Waals surface area (Å²) in [7, 11) is 1.81. The number of aliphatic carboxylic acids is 1. The number of hydrogen-bond donors (Lipinski definition) is 2. The molecule has 1 fully saturated rings. The van der Waals surface area contributed by atoms with E-state index in [2.05, 4.69) is 15.5 Å². The molecule has 0 aromatic carbocycles. The Morgan fingerprint density at radius 1 is 1.52 bits per heavy atom. The van der Waals surface area contributed by atoms with Gasteiger partial charge in [-0.3, -0.25) is 4.79 Å². The fourth-order valence-corrected chi connectivity index (χ4v) is 2.70. The first-order valence-corrected chi connectivity index (χ1v) is 7.12. The molecule has 1 aliphatic heterocycles. The van der Waals surface area contributed by atoms with Crippen molar-refractivity contribution in [1.82, 2.24) is 25.0 Å². The Hall–Kier alpha value is -2.12. The number of nitrogens with zero attached hydrogens (tertiary/aromatic N) is 4. The highest BCUT2D eigenvalue weighted by Gasteiger charge is 2.29. The third-order valence-electron chi connectivity index (χ3n) is 3.77. The summed E-state index contributed by atoms with van der Waals surface area (Å²) in [4.78, 5) is 24.9. The molecule has 1 aromatic heterocycles. The van der Waals surface area contributed by atoms with Crippen molar-refractivity contribution in [1.29, 1.82) is 0 Å². The monoisotopic (exact) mass is 295 g/mol. The van der Waals surface area contributed by atoms with Gasteiger partial charge in [-0.2, -0.15) is 0 Å².